The maximum absolute atomic E-state index is 14.1. The Morgan fingerprint density at radius 3 is 2.59 bits per heavy atom. The number of amides is 1. The topological polar surface area (TPSA) is 188 Å². The number of carbonyl (C=O) groups excluding carboxylic acids is 1. The summed E-state index contributed by atoms with van der Waals surface area (Å²) in [5.41, 5.74) is 3.89. The summed E-state index contributed by atoms with van der Waals surface area (Å²) in [5.74, 6) is 0.0371. The molecule has 348 valence electrons. The van der Waals surface area contributed by atoms with Gasteiger partial charge in [-0.25, -0.2) is 18.1 Å². The molecule has 0 radical (unpaired) electrons. The molecular formula is C49H56N6O10S. The van der Waals surface area contributed by atoms with Crippen LogP contribution >= 0.6 is 0 Å². The van der Waals surface area contributed by atoms with E-state index in [4.69, 9.17) is 23.7 Å². The number of anilines is 1. The van der Waals surface area contributed by atoms with Crippen LogP contribution in [0.25, 0.3) is 11.0 Å². The zero-order valence-corrected chi connectivity index (χ0v) is 38.1. The highest BCUT2D eigenvalue weighted by Gasteiger charge is 2.50. The van der Waals surface area contributed by atoms with Crippen LogP contribution in [0, 0.1) is 21.4 Å². The van der Waals surface area contributed by atoms with Gasteiger partial charge in [-0.1, -0.05) is 38.1 Å². The number of sulfonamides is 1. The van der Waals surface area contributed by atoms with E-state index < -0.39 is 37.5 Å². The summed E-state index contributed by atoms with van der Waals surface area (Å²) in [6.07, 6.45) is 9.49. The van der Waals surface area contributed by atoms with Gasteiger partial charge in [0.1, 0.15) is 29.9 Å². The number of nitro groups is 1. The van der Waals surface area contributed by atoms with Crippen molar-refractivity contribution in [2.24, 2.45) is 11.3 Å². The first kappa shape index (κ1) is 44.1. The number of nitrogens with zero attached hydrogens (tertiary/aromatic N) is 4. The van der Waals surface area contributed by atoms with Crippen molar-refractivity contribution in [2.45, 2.75) is 87.8 Å². The SMILES string of the molecule is CC(C)c1ccccc1[C@H]1COCCN1C1CC2(CCN(c3ccc(C(=O)NS(=O)(=O)c4cc5c(c([N+](=O)[O-])c4)O[C@H](CC4CCOCC4)CO5)c(Oc4cnc5[nH]ccc5c4)c3)CC2)C1. The zero-order valence-electron chi connectivity index (χ0n) is 37.3. The molecule has 0 bridgehead atoms. The molecule has 17 heteroatoms. The van der Waals surface area contributed by atoms with Crippen LogP contribution in [0.3, 0.4) is 0 Å². The molecule has 0 unspecified atom stereocenters. The number of ether oxygens (including phenoxy) is 5. The maximum atomic E-state index is 14.1. The monoisotopic (exact) mass is 920 g/mol. The van der Waals surface area contributed by atoms with Gasteiger partial charge in [-0.15, -0.1) is 0 Å². The summed E-state index contributed by atoms with van der Waals surface area (Å²) < 4.78 is 59.8. The Hall–Kier alpha value is -5.75. The van der Waals surface area contributed by atoms with Gasteiger partial charge in [0, 0.05) is 74.4 Å². The van der Waals surface area contributed by atoms with Gasteiger partial charge in [-0.3, -0.25) is 19.8 Å². The van der Waals surface area contributed by atoms with E-state index in [2.05, 4.69) is 62.6 Å². The number of pyridine rings is 1. The molecule has 1 saturated carbocycles. The number of benzene rings is 3. The molecule has 1 spiro atoms. The van der Waals surface area contributed by atoms with Crippen molar-refractivity contribution in [3.8, 4) is 23.0 Å². The third-order valence-corrected chi connectivity index (χ3v) is 15.7. The number of carbonyl (C=O) groups is 1. The van der Waals surface area contributed by atoms with Crippen molar-refractivity contribution in [2.75, 3.05) is 57.6 Å². The van der Waals surface area contributed by atoms with Gasteiger partial charge in [0.25, 0.3) is 15.9 Å². The van der Waals surface area contributed by atoms with Crippen molar-refractivity contribution in [3.63, 3.8) is 0 Å². The van der Waals surface area contributed by atoms with Crippen molar-refractivity contribution in [1.82, 2.24) is 19.6 Å². The van der Waals surface area contributed by atoms with Crippen LogP contribution in [0.4, 0.5) is 11.4 Å². The largest absolute Gasteiger partial charge is 0.486 e. The fourth-order valence-corrected chi connectivity index (χ4v) is 11.7. The molecule has 2 atom stereocenters. The van der Waals surface area contributed by atoms with Gasteiger partial charge in [0.15, 0.2) is 5.75 Å². The van der Waals surface area contributed by atoms with Crippen LogP contribution in [0.2, 0.25) is 0 Å². The lowest BCUT2D eigenvalue weighted by Gasteiger charge is -2.57. The fourth-order valence-electron chi connectivity index (χ4n) is 10.7. The third-order valence-electron chi connectivity index (χ3n) is 14.3. The van der Waals surface area contributed by atoms with E-state index in [0.29, 0.717) is 55.5 Å². The lowest BCUT2D eigenvalue weighted by atomic mass is 9.59. The predicted molar refractivity (Wildman–Crippen MR) is 246 cm³/mol. The molecule has 3 saturated heterocycles. The maximum Gasteiger partial charge on any atom is 0.316 e. The first-order valence-corrected chi connectivity index (χ1v) is 24.6. The number of aromatic nitrogens is 2. The minimum Gasteiger partial charge on any atom is -0.486 e. The van der Waals surface area contributed by atoms with E-state index >= 15 is 0 Å². The molecular weight excluding hydrogens is 865 g/mol. The van der Waals surface area contributed by atoms with E-state index in [-0.39, 0.29) is 40.9 Å². The molecule has 2 aromatic heterocycles. The normalized spacial score (nSPS) is 21.5. The van der Waals surface area contributed by atoms with Crippen molar-refractivity contribution in [1.29, 1.82) is 0 Å². The highest BCUT2D eigenvalue weighted by atomic mass is 32.2. The number of hydrogen-bond donors (Lipinski definition) is 2. The highest BCUT2D eigenvalue weighted by molar-refractivity contribution is 7.90. The van der Waals surface area contributed by atoms with Crippen LogP contribution in [-0.4, -0.2) is 98.9 Å². The molecule has 5 aromatic rings. The minimum absolute atomic E-state index is 0.0473. The van der Waals surface area contributed by atoms with Crippen LogP contribution in [0.5, 0.6) is 23.0 Å². The lowest BCUT2D eigenvalue weighted by molar-refractivity contribution is -0.386. The molecule has 16 nitrogen and oxygen atoms in total. The van der Waals surface area contributed by atoms with E-state index in [1.165, 1.54) is 17.3 Å². The second-order valence-corrected chi connectivity index (χ2v) is 20.5. The summed E-state index contributed by atoms with van der Waals surface area (Å²) >= 11 is 0. The zero-order chi connectivity index (χ0) is 45.6. The number of fused-ring (bicyclic) bond motifs is 2. The summed E-state index contributed by atoms with van der Waals surface area (Å²) in [6.45, 7) is 9.89. The summed E-state index contributed by atoms with van der Waals surface area (Å²) in [6, 6.07) is 20.3. The number of H-pyrrole nitrogens is 1. The quantitative estimate of drug-likeness (QED) is 0.0900. The predicted octanol–water partition coefficient (Wildman–Crippen LogP) is 8.28. The smallest absolute Gasteiger partial charge is 0.316 e. The Balaban J connectivity index is 0.854. The molecule has 10 rings (SSSR count). The molecule has 66 heavy (non-hydrogen) atoms. The number of aromatic amines is 1. The van der Waals surface area contributed by atoms with Gasteiger partial charge in [-0.05, 0) is 97.6 Å². The molecule has 3 aromatic carbocycles. The fraction of sp³-hybridized carbons (Fsp3) is 0.469. The van der Waals surface area contributed by atoms with Gasteiger partial charge in [0.05, 0.1) is 40.8 Å². The van der Waals surface area contributed by atoms with Gasteiger partial charge in [-0.2, -0.15) is 0 Å². The third kappa shape index (κ3) is 8.93. The Kier molecular flexibility index (Phi) is 12.1. The Morgan fingerprint density at radius 2 is 1.80 bits per heavy atom. The van der Waals surface area contributed by atoms with Crippen LogP contribution in [-0.2, 0) is 19.5 Å². The Bertz CT molecular complexity index is 2720. The molecule has 4 aliphatic heterocycles. The molecule has 2 N–H and O–H groups in total. The number of piperidine rings is 1. The average molecular weight is 921 g/mol. The average Bonchev–Trinajstić information content (AvgIpc) is 3.79. The van der Waals surface area contributed by atoms with Crippen LogP contribution in [0.15, 0.2) is 84.0 Å². The second kappa shape index (κ2) is 18.1. The van der Waals surface area contributed by atoms with E-state index in [0.717, 1.165) is 88.0 Å². The van der Waals surface area contributed by atoms with Gasteiger partial charge < -0.3 is 33.6 Å². The first-order valence-electron chi connectivity index (χ1n) is 23.1. The highest BCUT2D eigenvalue weighted by Crippen LogP contribution is 2.53. The number of hydrogen-bond acceptors (Lipinski definition) is 13. The van der Waals surface area contributed by atoms with Crippen LogP contribution < -0.4 is 23.8 Å². The van der Waals surface area contributed by atoms with Crippen molar-refractivity contribution >= 4 is 38.3 Å². The van der Waals surface area contributed by atoms with Gasteiger partial charge >= 0.3 is 5.69 Å². The molecule has 4 fully saturated rings. The van der Waals surface area contributed by atoms with E-state index in [1.807, 2.05) is 6.07 Å². The summed E-state index contributed by atoms with van der Waals surface area (Å²) in [4.78, 5) is 37.6. The van der Waals surface area contributed by atoms with E-state index in [9.17, 15) is 23.3 Å². The second-order valence-electron chi connectivity index (χ2n) is 18.8. The molecule has 6 heterocycles. The number of nitrogens with one attached hydrogen (secondary N) is 2. The summed E-state index contributed by atoms with van der Waals surface area (Å²) in [7, 11) is -4.67. The Labute approximate surface area is 384 Å². The number of rotatable bonds is 12. The van der Waals surface area contributed by atoms with E-state index in [1.54, 1.807) is 30.5 Å². The van der Waals surface area contributed by atoms with Crippen molar-refractivity contribution in [3.05, 3.63) is 106 Å². The van der Waals surface area contributed by atoms with Crippen molar-refractivity contribution < 1.29 is 41.8 Å². The van der Waals surface area contributed by atoms with Crippen LogP contribution in [0.1, 0.15) is 92.2 Å². The molecule has 5 aliphatic rings. The molecule has 1 aliphatic carbocycles. The standard InChI is InChI=1S/C49H56N6O10S/c1-31(2)39-5-3-4-6-40(39)43-30-62-20-17-54(43)35-26-49(27-35)12-15-53(16-13-49)34-7-8-41(44(23-34)64-36-22-33-9-14-50-47(33)51-28-36)48(56)52-66(59,60)38-24-42(55(57)58)46-45(25-38)63-29-37(65-46)21-32-10-18-61-19-11-32/h3-9,14,22-25,28,31-32,35,37,43H,10-13,15-21,26-27,29-30H2,1-2H3,(H,50,51)(H,52,56)/t37-,43-/m1/s1. The molecule has 1 amide bonds. The Morgan fingerprint density at radius 1 is 1.00 bits per heavy atom. The number of morpholine rings is 1. The number of nitro benzene ring substituents is 1. The minimum atomic E-state index is -4.67. The lowest BCUT2D eigenvalue weighted by Crippen LogP contribution is -2.58. The van der Waals surface area contributed by atoms with Gasteiger partial charge in [0.2, 0.25) is 5.75 Å². The summed E-state index contributed by atoms with van der Waals surface area (Å²) in [5, 5.41) is 13.1. The first-order chi connectivity index (χ1) is 31.9.